The molecule has 0 atom stereocenters. The Labute approximate surface area is 133 Å². The van der Waals surface area contributed by atoms with Gasteiger partial charge in [-0.15, -0.1) is 0 Å². The number of hydrogen-bond acceptors (Lipinski definition) is 2. The highest BCUT2D eigenvalue weighted by Crippen LogP contribution is 2.30. The number of carbonyl (C=O) groups is 1. The molecule has 1 heterocycles. The van der Waals surface area contributed by atoms with Crippen LogP contribution in [0.2, 0.25) is 10.0 Å². The van der Waals surface area contributed by atoms with Gasteiger partial charge in [-0.1, -0.05) is 41.4 Å². The lowest BCUT2D eigenvalue weighted by Crippen LogP contribution is -2.14. The van der Waals surface area contributed by atoms with Crippen LogP contribution in [0.4, 0.5) is 0 Å². The van der Waals surface area contributed by atoms with Crippen LogP contribution in [0.3, 0.4) is 0 Å². The predicted molar refractivity (Wildman–Crippen MR) is 84.8 cm³/mol. The molecular weight excluding hydrogens is 307 g/mol. The van der Waals surface area contributed by atoms with Crippen molar-refractivity contribution in [1.82, 2.24) is 0 Å². The summed E-state index contributed by atoms with van der Waals surface area (Å²) in [6.07, 6.45) is 2.25. The molecule has 0 aromatic heterocycles. The Morgan fingerprint density at radius 3 is 2.81 bits per heavy atom. The van der Waals surface area contributed by atoms with Gasteiger partial charge in [0.25, 0.3) is 0 Å². The van der Waals surface area contributed by atoms with Gasteiger partial charge in [0.1, 0.15) is 5.75 Å². The minimum atomic E-state index is 0.0344. The number of halogens is 2. The minimum absolute atomic E-state index is 0.0344. The number of ether oxygens (including phenoxy) is 1. The highest BCUT2D eigenvalue weighted by Gasteiger charge is 2.19. The molecule has 2 aromatic rings. The molecule has 108 valence electrons. The molecule has 0 saturated heterocycles. The van der Waals surface area contributed by atoms with E-state index in [0.29, 0.717) is 22.2 Å². The maximum absolute atomic E-state index is 12.5. The molecule has 2 nitrogen and oxygen atoms in total. The van der Waals surface area contributed by atoms with Crippen LogP contribution < -0.4 is 4.74 Å². The first kappa shape index (κ1) is 14.4. The lowest BCUT2D eigenvalue weighted by atomic mass is 9.97. The Bertz CT molecular complexity index is 695. The van der Waals surface area contributed by atoms with Crippen LogP contribution in [-0.2, 0) is 12.8 Å². The van der Waals surface area contributed by atoms with Crippen molar-refractivity contribution in [3.63, 3.8) is 0 Å². The van der Waals surface area contributed by atoms with Crippen molar-refractivity contribution in [2.75, 3.05) is 6.61 Å². The van der Waals surface area contributed by atoms with Crippen molar-refractivity contribution >= 4 is 29.0 Å². The first-order chi connectivity index (χ1) is 10.1. The van der Waals surface area contributed by atoms with E-state index >= 15 is 0 Å². The number of hydrogen-bond donors (Lipinski definition) is 0. The van der Waals surface area contributed by atoms with Gasteiger partial charge in [0.05, 0.1) is 22.2 Å². The van der Waals surface area contributed by atoms with Gasteiger partial charge in [0, 0.05) is 6.42 Å². The third-order valence-electron chi connectivity index (χ3n) is 3.58. The van der Waals surface area contributed by atoms with E-state index in [2.05, 4.69) is 0 Å². The maximum Gasteiger partial charge on any atom is 0.170 e. The zero-order chi connectivity index (χ0) is 14.8. The van der Waals surface area contributed by atoms with E-state index in [0.717, 1.165) is 29.7 Å². The van der Waals surface area contributed by atoms with Crippen molar-refractivity contribution in [2.24, 2.45) is 0 Å². The fourth-order valence-electron chi connectivity index (χ4n) is 2.54. The fourth-order valence-corrected chi connectivity index (χ4v) is 2.86. The van der Waals surface area contributed by atoms with E-state index in [1.54, 1.807) is 12.1 Å². The highest BCUT2D eigenvalue weighted by atomic mass is 35.5. The van der Waals surface area contributed by atoms with Gasteiger partial charge in [-0.25, -0.2) is 0 Å². The second-order valence-corrected chi connectivity index (χ2v) is 5.91. The summed E-state index contributed by atoms with van der Waals surface area (Å²) in [4.78, 5) is 12.5. The molecule has 21 heavy (non-hydrogen) atoms. The molecule has 0 fully saturated rings. The van der Waals surface area contributed by atoms with Crippen molar-refractivity contribution < 1.29 is 9.53 Å². The summed E-state index contributed by atoms with van der Waals surface area (Å²) in [6.45, 7) is 0.671. The molecule has 0 unspecified atom stereocenters. The monoisotopic (exact) mass is 320 g/mol. The molecule has 1 aliphatic heterocycles. The molecule has 2 aromatic carbocycles. The van der Waals surface area contributed by atoms with E-state index in [-0.39, 0.29) is 12.2 Å². The SMILES string of the molecule is O=C(Cc1ccc(Cl)c(Cl)c1)c1cccc2c1OCCC2. The van der Waals surface area contributed by atoms with Gasteiger partial charge in [-0.2, -0.15) is 0 Å². The molecule has 0 N–H and O–H groups in total. The third kappa shape index (κ3) is 3.07. The first-order valence-corrected chi connectivity index (χ1v) is 7.62. The number of aryl methyl sites for hydroxylation is 1. The van der Waals surface area contributed by atoms with E-state index in [9.17, 15) is 4.79 Å². The molecule has 0 spiro atoms. The Morgan fingerprint density at radius 2 is 2.00 bits per heavy atom. The Morgan fingerprint density at radius 1 is 1.14 bits per heavy atom. The Balaban J connectivity index is 1.87. The molecule has 0 radical (unpaired) electrons. The third-order valence-corrected chi connectivity index (χ3v) is 4.32. The van der Waals surface area contributed by atoms with Gasteiger partial charge in [0.15, 0.2) is 5.78 Å². The van der Waals surface area contributed by atoms with Gasteiger partial charge >= 0.3 is 0 Å². The molecular formula is C17H14Cl2O2. The van der Waals surface area contributed by atoms with Crippen LogP contribution in [0.5, 0.6) is 5.75 Å². The van der Waals surface area contributed by atoms with E-state index in [1.165, 1.54) is 0 Å². The van der Waals surface area contributed by atoms with Crippen molar-refractivity contribution in [3.05, 3.63) is 63.1 Å². The van der Waals surface area contributed by atoms with Gasteiger partial charge in [-0.05, 0) is 42.2 Å². The van der Waals surface area contributed by atoms with Crippen LogP contribution in [0.25, 0.3) is 0 Å². The van der Waals surface area contributed by atoms with Crippen LogP contribution >= 0.6 is 23.2 Å². The lowest BCUT2D eigenvalue weighted by molar-refractivity contribution is 0.0988. The maximum atomic E-state index is 12.5. The van der Waals surface area contributed by atoms with Gasteiger partial charge in [0.2, 0.25) is 0 Å². The molecule has 0 bridgehead atoms. The second kappa shape index (κ2) is 6.08. The number of rotatable bonds is 3. The summed E-state index contributed by atoms with van der Waals surface area (Å²) >= 11 is 11.9. The van der Waals surface area contributed by atoms with Crippen LogP contribution in [-0.4, -0.2) is 12.4 Å². The summed E-state index contributed by atoms with van der Waals surface area (Å²) in [5.74, 6) is 0.779. The Hall–Kier alpha value is -1.51. The number of benzene rings is 2. The Kier molecular flexibility index (Phi) is 4.18. The van der Waals surface area contributed by atoms with Crippen molar-refractivity contribution in [3.8, 4) is 5.75 Å². The van der Waals surface area contributed by atoms with Crippen LogP contribution in [0.1, 0.15) is 27.9 Å². The summed E-state index contributed by atoms with van der Waals surface area (Å²) in [5.41, 5.74) is 2.61. The topological polar surface area (TPSA) is 26.3 Å². The zero-order valence-electron chi connectivity index (χ0n) is 11.4. The predicted octanol–water partition coefficient (Wildman–Crippen LogP) is 4.74. The summed E-state index contributed by atoms with van der Waals surface area (Å²) in [6, 6.07) is 11.0. The number of ketones is 1. The number of fused-ring (bicyclic) bond motifs is 1. The number of carbonyl (C=O) groups excluding carboxylic acids is 1. The summed E-state index contributed by atoms with van der Waals surface area (Å²) < 4.78 is 5.69. The summed E-state index contributed by atoms with van der Waals surface area (Å²) in [7, 11) is 0. The lowest BCUT2D eigenvalue weighted by Gasteiger charge is -2.19. The largest absolute Gasteiger partial charge is 0.493 e. The average Bonchev–Trinajstić information content (AvgIpc) is 2.50. The first-order valence-electron chi connectivity index (χ1n) is 6.87. The molecule has 0 saturated carbocycles. The second-order valence-electron chi connectivity index (χ2n) is 5.09. The quantitative estimate of drug-likeness (QED) is 0.763. The molecule has 0 aliphatic carbocycles. The van der Waals surface area contributed by atoms with Gasteiger partial charge < -0.3 is 4.74 Å². The van der Waals surface area contributed by atoms with Crippen molar-refractivity contribution in [2.45, 2.75) is 19.3 Å². The standard InChI is InChI=1S/C17H14Cl2O2/c18-14-7-6-11(9-15(14)19)10-16(20)13-5-1-3-12-4-2-8-21-17(12)13/h1,3,5-7,9H,2,4,8,10H2. The molecule has 3 rings (SSSR count). The minimum Gasteiger partial charge on any atom is -0.493 e. The average molecular weight is 321 g/mol. The molecule has 4 heteroatoms. The highest BCUT2D eigenvalue weighted by molar-refractivity contribution is 6.42. The molecule has 0 amide bonds. The smallest absolute Gasteiger partial charge is 0.170 e. The van der Waals surface area contributed by atoms with E-state index in [4.69, 9.17) is 27.9 Å². The fraction of sp³-hybridized carbons (Fsp3) is 0.235. The van der Waals surface area contributed by atoms with Crippen LogP contribution in [0, 0.1) is 0 Å². The van der Waals surface area contributed by atoms with Crippen molar-refractivity contribution in [1.29, 1.82) is 0 Å². The van der Waals surface area contributed by atoms with Gasteiger partial charge in [-0.3, -0.25) is 4.79 Å². The zero-order valence-corrected chi connectivity index (χ0v) is 12.9. The van der Waals surface area contributed by atoms with Crippen LogP contribution in [0.15, 0.2) is 36.4 Å². The number of Topliss-reactive ketones (excluding diaryl/α,β-unsaturated/α-hetero) is 1. The van der Waals surface area contributed by atoms with E-state index < -0.39 is 0 Å². The normalized spacial score (nSPS) is 13.4. The molecule has 1 aliphatic rings. The van der Waals surface area contributed by atoms with E-state index in [1.807, 2.05) is 24.3 Å². The number of para-hydroxylation sites is 1. The summed E-state index contributed by atoms with van der Waals surface area (Å²) in [5, 5.41) is 0.960.